The summed E-state index contributed by atoms with van der Waals surface area (Å²) in [6, 6.07) is 4.57. The Balaban J connectivity index is 2.86. The number of rotatable bonds is 0. The fraction of sp³-hybridized carbons (Fsp3) is 0.125. The topological polar surface area (TPSA) is 49.7 Å². The fourth-order valence-electron chi connectivity index (χ4n) is 1.29. The third-order valence-electron chi connectivity index (χ3n) is 2.04. The molecule has 0 bridgehead atoms. The Morgan fingerprint density at radius 3 is 2.67 bits per heavy atom. The van der Waals surface area contributed by atoms with Crippen LogP contribution in [-0.2, 0) is 10.0 Å². The minimum absolute atomic E-state index is 0.0768. The highest BCUT2D eigenvalue weighted by atomic mass is 35.5. The van der Waals surface area contributed by atoms with Gasteiger partial charge in [-0.1, -0.05) is 29.3 Å². The van der Waals surface area contributed by atoms with Gasteiger partial charge in [-0.25, -0.2) is 0 Å². The van der Waals surface area contributed by atoms with E-state index in [1.165, 1.54) is 13.1 Å². The lowest BCUT2D eigenvalue weighted by molar-refractivity contribution is 0.486. The molecule has 0 spiro atoms. The molecule has 0 atom stereocenters. The van der Waals surface area contributed by atoms with Crippen LogP contribution in [0.25, 0.3) is 0 Å². The predicted octanol–water partition coefficient (Wildman–Crippen LogP) is 1.87. The van der Waals surface area contributed by atoms with Gasteiger partial charge in [0.05, 0.1) is 10.6 Å². The smallest absolute Gasteiger partial charge is 0.200 e. The van der Waals surface area contributed by atoms with E-state index in [0.29, 0.717) is 0 Å². The second kappa shape index (κ2) is 3.37. The van der Waals surface area contributed by atoms with Gasteiger partial charge in [-0.3, -0.25) is 0 Å². The zero-order valence-corrected chi connectivity index (χ0v) is 9.94. The molecule has 0 aliphatic carbocycles. The van der Waals surface area contributed by atoms with Crippen molar-refractivity contribution in [3.05, 3.63) is 28.8 Å². The monoisotopic (exact) mass is 264 g/mol. The van der Waals surface area contributed by atoms with Crippen molar-refractivity contribution in [1.29, 1.82) is 0 Å². The van der Waals surface area contributed by atoms with Crippen molar-refractivity contribution in [2.24, 2.45) is 5.10 Å². The molecule has 0 aromatic heterocycles. The highest BCUT2D eigenvalue weighted by Gasteiger charge is 2.31. The van der Waals surface area contributed by atoms with E-state index in [9.17, 15) is 8.42 Å². The minimum atomic E-state index is -3.60. The lowest BCUT2D eigenvalue weighted by Gasteiger charge is -2.21. The lowest BCUT2D eigenvalue weighted by atomic mass is 10.2. The van der Waals surface area contributed by atoms with Crippen molar-refractivity contribution in [3.63, 3.8) is 0 Å². The van der Waals surface area contributed by atoms with Gasteiger partial charge in [0.25, 0.3) is 10.0 Å². The average molecular weight is 265 g/mol. The molecule has 15 heavy (non-hydrogen) atoms. The first-order valence-electron chi connectivity index (χ1n) is 3.96. The Bertz CT molecular complexity index is 554. The highest BCUT2D eigenvalue weighted by Crippen LogP contribution is 2.31. The van der Waals surface area contributed by atoms with Gasteiger partial charge >= 0.3 is 0 Å². The SMILES string of the molecule is CN1N=C(Cl)c2c(Cl)cccc2S1(=O)=O. The van der Waals surface area contributed by atoms with Gasteiger partial charge in [0, 0.05) is 7.05 Å². The molecule has 80 valence electrons. The molecule has 0 amide bonds. The molecule has 2 rings (SSSR count). The number of halogens is 2. The molecule has 1 heterocycles. The lowest BCUT2D eigenvalue weighted by Crippen LogP contribution is -2.28. The van der Waals surface area contributed by atoms with Gasteiger partial charge in [-0.15, -0.1) is 5.10 Å². The molecule has 0 saturated carbocycles. The molecular weight excluding hydrogens is 259 g/mol. The predicted molar refractivity (Wildman–Crippen MR) is 58.8 cm³/mol. The van der Waals surface area contributed by atoms with E-state index >= 15 is 0 Å². The molecule has 4 nitrogen and oxygen atoms in total. The van der Waals surface area contributed by atoms with E-state index in [4.69, 9.17) is 23.2 Å². The first kappa shape index (κ1) is 10.7. The van der Waals surface area contributed by atoms with Crippen molar-refractivity contribution >= 4 is 38.4 Å². The maximum absolute atomic E-state index is 11.8. The third kappa shape index (κ3) is 1.51. The van der Waals surface area contributed by atoms with E-state index in [2.05, 4.69) is 5.10 Å². The third-order valence-corrected chi connectivity index (χ3v) is 4.29. The number of hydrogen-bond donors (Lipinski definition) is 0. The van der Waals surface area contributed by atoms with Crippen LogP contribution < -0.4 is 0 Å². The van der Waals surface area contributed by atoms with Gasteiger partial charge in [-0.2, -0.15) is 12.8 Å². The molecule has 0 fully saturated rings. The Labute approximate surface area is 97.1 Å². The fourth-order valence-corrected chi connectivity index (χ4v) is 3.26. The highest BCUT2D eigenvalue weighted by molar-refractivity contribution is 7.89. The van der Waals surface area contributed by atoms with Crippen molar-refractivity contribution in [2.75, 3.05) is 7.05 Å². The maximum Gasteiger partial charge on any atom is 0.279 e. The molecule has 0 radical (unpaired) electrons. The van der Waals surface area contributed by atoms with Crippen LogP contribution in [0.3, 0.4) is 0 Å². The molecule has 1 aliphatic heterocycles. The molecule has 1 aliphatic rings. The van der Waals surface area contributed by atoms with Crippen LogP contribution in [0.4, 0.5) is 0 Å². The summed E-state index contributed by atoms with van der Waals surface area (Å²) >= 11 is 11.7. The first-order valence-corrected chi connectivity index (χ1v) is 6.16. The molecule has 0 unspecified atom stereocenters. The van der Waals surface area contributed by atoms with Gasteiger partial charge in [0.15, 0.2) is 5.17 Å². The van der Waals surface area contributed by atoms with Gasteiger partial charge in [0.1, 0.15) is 4.90 Å². The van der Waals surface area contributed by atoms with E-state index in [-0.39, 0.29) is 20.7 Å². The van der Waals surface area contributed by atoms with Crippen molar-refractivity contribution in [3.8, 4) is 0 Å². The summed E-state index contributed by atoms with van der Waals surface area (Å²) in [4.78, 5) is 0.0810. The molecule has 7 heteroatoms. The second-order valence-corrected chi connectivity index (χ2v) is 5.63. The average Bonchev–Trinajstić information content (AvgIpc) is 2.15. The van der Waals surface area contributed by atoms with Crippen LogP contribution in [0.15, 0.2) is 28.2 Å². The van der Waals surface area contributed by atoms with Crippen LogP contribution in [0, 0.1) is 0 Å². The zero-order valence-electron chi connectivity index (χ0n) is 7.61. The first-order chi connectivity index (χ1) is 6.94. The van der Waals surface area contributed by atoms with Gasteiger partial charge in [0.2, 0.25) is 0 Å². The van der Waals surface area contributed by atoms with E-state index < -0.39 is 10.0 Å². The zero-order chi connectivity index (χ0) is 11.2. The number of benzene rings is 1. The maximum atomic E-state index is 11.8. The number of hydrazone groups is 1. The number of fused-ring (bicyclic) bond motifs is 1. The summed E-state index contributed by atoms with van der Waals surface area (Å²) in [5.74, 6) is 0. The number of hydrogen-bond acceptors (Lipinski definition) is 3. The summed E-state index contributed by atoms with van der Waals surface area (Å²) < 4.78 is 24.4. The Morgan fingerprint density at radius 1 is 1.33 bits per heavy atom. The van der Waals surface area contributed by atoms with Crippen LogP contribution in [-0.4, -0.2) is 25.1 Å². The minimum Gasteiger partial charge on any atom is -0.200 e. The summed E-state index contributed by atoms with van der Waals surface area (Å²) in [5.41, 5.74) is 0.263. The van der Waals surface area contributed by atoms with Crippen molar-refractivity contribution < 1.29 is 8.42 Å². The van der Waals surface area contributed by atoms with Gasteiger partial charge < -0.3 is 0 Å². The largest absolute Gasteiger partial charge is 0.279 e. The molecule has 0 saturated heterocycles. The summed E-state index contributed by atoms with van der Waals surface area (Å²) in [6.07, 6.45) is 0. The molecule has 0 N–H and O–H groups in total. The number of sulfonamides is 1. The summed E-state index contributed by atoms with van der Waals surface area (Å²) in [6.45, 7) is 0. The number of nitrogens with zero attached hydrogens (tertiary/aromatic N) is 2. The Morgan fingerprint density at radius 2 is 2.00 bits per heavy atom. The van der Waals surface area contributed by atoms with Crippen molar-refractivity contribution in [1.82, 2.24) is 4.41 Å². The quantitative estimate of drug-likeness (QED) is 0.719. The van der Waals surface area contributed by atoms with Crippen LogP contribution in [0.2, 0.25) is 5.02 Å². The van der Waals surface area contributed by atoms with E-state index in [1.54, 1.807) is 12.1 Å². The molecule has 1 aromatic rings. The standard InChI is InChI=1S/C8H6Cl2N2O2S/c1-12-11-8(10)7-5(9)3-2-4-6(7)15(12,13)14/h2-4H,1H3. The van der Waals surface area contributed by atoms with E-state index in [1.807, 2.05) is 0 Å². The molecule has 1 aromatic carbocycles. The second-order valence-electron chi connectivity index (χ2n) is 2.94. The van der Waals surface area contributed by atoms with Crippen molar-refractivity contribution in [2.45, 2.75) is 4.90 Å². The Hall–Kier alpha value is -0.780. The summed E-state index contributed by atoms with van der Waals surface area (Å²) in [5, 5.41) is 4.03. The van der Waals surface area contributed by atoms with Crippen LogP contribution in [0.5, 0.6) is 0 Å². The summed E-state index contributed by atoms with van der Waals surface area (Å²) in [7, 11) is -2.28. The molecular formula is C8H6Cl2N2O2S. The van der Waals surface area contributed by atoms with Crippen LogP contribution in [0.1, 0.15) is 5.56 Å². The Kier molecular flexibility index (Phi) is 2.41. The van der Waals surface area contributed by atoms with E-state index in [0.717, 1.165) is 4.41 Å². The van der Waals surface area contributed by atoms with Crippen LogP contribution >= 0.6 is 23.2 Å². The van der Waals surface area contributed by atoms with Gasteiger partial charge in [-0.05, 0) is 12.1 Å². The normalized spacial score (nSPS) is 18.3.